The van der Waals surface area contributed by atoms with Gasteiger partial charge in [-0.15, -0.1) is 0 Å². The first kappa shape index (κ1) is 21.8. The van der Waals surface area contributed by atoms with E-state index >= 15 is 0 Å². The van der Waals surface area contributed by atoms with Crippen molar-refractivity contribution < 1.29 is 26.0 Å². The van der Waals surface area contributed by atoms with Gasteiger partial charge < -0.3 is 4.57 Å². The fourth-order valence-corrected chi connectivity index (χ4v) is 4.20. The number of nitrogens with zero attached hydrogens (tertiary/aromatic N) is 1. The van der Waals surface area contributed by atoms with Gasteiger partial charge in [0.15, 0.2) is 9.84 Å². The van der Waals surface area contributed by atoms with Gasteiger partial charge in [-0.3, -0.25) is 0 Å². The first-order chi connectivity index (χ1) is 15.1. The molecule has 3 nitrogen and oxygen atoms in total. The molecule has 8 heteroatoms. The highest BCUT2D eigenvalue weighted by molar-refractivity contribution is 7.90. The zero-order valence-corrected chi connectivity index (χ0v) is 17.6. The summed E-state index contributed by atoms with van der Waals surface area (Å²) in [5.74, 6) is -0.566. The molecule has 0 saturated carbocycles. The first-order valence-electron chi connectivity index (χ1n) is 9.50. The summed E-state index contributed by atoms with van der Waals surface area (Å²) in [4.78, 5) is 0.0541. The van der Waals surface area contributed by atoms with Crippen molar-refractivity contribution in [2.45, 2.75) is 11.1 Å². The maximum Gasteiger partial charge on any atom is 0.418 e. The monoisotopic (exact) mass is 459 g/mol. The van der Waals surface area contributed by atoms with E-state index in [-0.39, 0.29) is 21.7 Å². The molecule has 0 atom stereocenters. The molecule has 32 heavy (non-hydrogen) atoms. The van der Waals surface area contributed by atoms with Crippen LogP contribution in [-0.4, -0.2) is 19.2 Å². The van der Waals surface area contributed by atoms with Crippen LogP contribution in [0.2, 0.25) is 0 Å². The molecule has 4 aromatic rings. The summed E-state index contributed by atoms with van der Waals surface area (Å²) in [7, 11) is -3.48. The molecule has 0 saturated heterocycles. The van der Waals surface area contributed by atoms with Crippen LogP contribution in [0.1, 0.15) is 5.56 Å². The largest absolute Gasteiger partial charge is 0.418 e. The Bertz CT molecular complexity index is 1360. The summed E-state index contributed by atoms with van der Waals surface area (Å²) in [6.45, 7) is 0. The van der Waals surface area contributed by atoms with Gasteiger partial charge in [-0.05, 0) is 47.5 Å². The molecule has 0 unspecified atom stereocenters. The summed E-state index contributed by atoms with van der Waals surface area (Å²) in [5, 5.41) is 0. The number of para-hydroxylation sites is 1. The van der Waals surface area contributed by atoms with Gasteiger partial charge in [0, 0.05) is 23.7 Å². The van der Waals surface area contributed by atoms with Crippen LogP contribution in [0.15, 0.2) is 90.0 Å². The minimum atomic E-state index is -4.68. The highest BCUT2D eigenvalue weighted by Crippen LogP contribution is 2.45. The summed E-state index contributed by atoms with van der Waals surface area (Å²) in [5.41, 5.74) is 0.291. The number of alkyl halides is 3. The van der Waals surface area contributed by atoms with Crippen LogP contribution in [-0.2, 0) is 16.0 Å². The normalized spacial score (nSPS) is 12.2. The summed E-state index contributed by atoms with van der Waals surface area (Å²) < 4.78 is 80.9. The van der Waals surface area contributed by atoms with Crippen molar-refractivity contribution in [1.29, 1.82) is 0 Å². The number of rotatable bonds is 4. The molecule has 0 fully saturated rings. The van der Waals surface area contributed by atoms with E-state index in [4.69, 9.17) is 0 Å². The lowest BCUT2D eigenvalue weighted by molar-refractivity contribution is -0.137. The zero-order valence-electron chi connectivity index (χ0n) is 16.8. The molecule has 0 spiro atoms. The molecule has 0 N–H and O–H groups in total. The molecule has 1 aromatic heterocycles. The first-order valence-corrected chi connectivity index (χ1v) is 11.4. The van der Waals surface area contributed by atoms with Crippen LogP contribution in [0.25, 0.3) is 28.1 Å². The zero-order chi connectivity index (χ0) is 23.1. The molecule has 0 aliphatic carbocycles. The number of aromatic nitrogens is 1. The van der Waals surface area contributed by atoms with E-state index in [1.54, 1.807) is 30.3 Å². The van der Waals surface area contributed by atoms with Crippen molar-refractivity contribution >= 4 is 9.84 Å². The van der Waals surface area contributed by atoms with E-state index in [1.807, 2.05) is 0 Å². The lowest BCUT2D eigenvalue weighted by atomic mass is 9.97. The molecular weight excluding hydrogens is 442 g/mol. The van der Waals surface area contributed by atoms with E-state index < -0.39 is 27.4 Å². The Hall–Kier alpha value is -3.39. The Morgan fingerprint density at radius 1 is 0.781 bits per heavy atom. The third kappa shape index (κ3) is 4.18. The third-order valence-electron chi connectivity index (χ3n) is 5.03. The van der Waals surface area contributed by atoms with Crippen molar-refractivity contribution in [3.63, 3.8) is 0 Å². The van der Waals surface area contributed by atoms with Crippen LogP contribution in [0, 0.1) is 5.82 Å². The molecule has 0 aliphatic rings. The second-order valence-corrected chi connectivity index (χ2v) is 9.29. The van der Waals surface area contributed by atoms with Crippen molar-refractivity contribution in [2.24, 2.45) is 0 Å². The Balaban J connectivity index is 2.07. The Morgan fingerprint density at radius 2 is 1.34 bits per heavy atom. The van der Waals surface area contributed by atoms with E-state index in [1.165, 1.54) is 41.0 Å². The van der Waals surface area contributed by atoms with E-state index in [0.717, 1.165) is 24.6 Å². The van der Waals surface area contributed by atoms with Gasteiger partial charge in [-0.1, -0.05) is 42.5 Å². The second-order valence-electron chi connectivity index (χ2n) is 7.27. The molecule has 0 aliphatic heterocycles. The van der Waals surface area contributed by atoms with E-state index in [2.05, 4.69) is 0 Å². The molecule has 1 heterocycles. The SMILES string of the molecule is CS(=O)(=O)c1ccc(-c2c(-c3ccc(F)cc3)c(C(F)(F)F)cn2-c2ccccc2)cc1. The third-order valence-corrected chi connectivity index (χ3v) is 6.16. The Morgan fingerprint density at radius 3 is 1.88 bits per heavy atom. The molecule has 4 rings (SSSR count). The highest BCUT2D eigenvalue weighted by Gasteiger charge is 2.38. The minimum absolute atomic E-state index is 0.0541. The smallest absolute Gasteiger partial charge is 0.315 e. The topological polar surface area (TPSA) is 39.1 Å². The molecule has 0 radical (unpaired) electrons. The standard InChI is InChI=1S/C24H17F4NO2S/c1-32(30,31)20-13-9-17(10-14-20)23-22(16-7-11-18(25)12-8-16)21(24(26,27)28)15-29(23)19-5-3-2-4-6-19/h2-15H,1H3. The van der Waals surface area contributed by atoms with E-state index in [9.17, 15) is 26.0 Å². The fourth-order valence-electron chi connectivity index (χ4n) is 3.57. The Kier molecular flexibility index (Phi) is 5.42. The van der Waals surface area contributed by atoms with Gasteiger partial charge in [0.05, 0.1) is 16.2 Å². The van der Waals surface area contributed by atoms with Crippen molar-refractivity contribution in [3.05, 3.63) is 96.4 Å². The van der Waals surface area contributed by atoms with Crippen LogP contribution >= 0.6 is 0 Å². The van der Waals surface area contributed by atoms with Gasteiger partial charge in [0.1, 0.15) is 5.82 Å². The number of hydrogen-bond donors (Lipinski definition) is 0. The van der Waals surface area contributed by atoms with Crippen molar-refractivity contribution in [2.75, 3.05) is 6.26 Å². The van der Waals surface area contributed by atoms with Crippen LogP contribution in [0.5, 0.6) is 0 Å². The lowest BCUT2D eigenvalue weighted by Gasteiger charge is -2.14. The molecule has 0 bridgehead atoms. The number of halogens is 4. The number of benzene rings is 3. The Labute approximate surface area is 182 Å². The summed E-state index contributed by atoms with van der Waals surface area (Å²) in [6.07, 6.45) is -2.61. The van der Waals surface area contributed by atoms with Crippen LogP contribution in [0.3, 0.4) is 0 Å². The van der Waals surface area contributed by atoms with Crippen molar-refractivity contribution in [1.82, 2.24) is 4.57 Å². The average Bonchev–Trinajstić information content (AvgIpc) is 3.15. The maximum absolute atomic E-state index is 14.1. The molecule has 164 valence electrons. The number of hydrogen-bond acceptors (Lipinski definition) is 2. The van der Waals surface area contributed by atoms with Crippen LogP contribution < -0.4 is 0 Å². The quantitative estimate of drug-likeness (QED) is 0.333. The fraction of sp³-hybridized carbons (Fsp3) is 0.0833. The van der Waals surface area contributed by atoms with E-state index in [0.29, 0.717) is 11.3 Å². The van der Waals surface area contributed by atoms with Crippen LogP contribution in [0.4, 0.5) is 17.6 Å². The van der Waals surface area contributed by atoms with Gasteiger partial charge in [0.25, 0.3) is 0 Å². The number of sulfone groups is 1. The van der Waals surface area contributed by atoms with Crippen molar-refractivity contribution in [3.8, 4) is 28.1 Å². The lowest BCUT2D eigenvalue weighted by Crippen LogP contribution is -2.05. The summed E-state index contributed by atoms with van der Waals surface area (Å²) >= 11 is 0. The molecular formula is C24H17F4NO2S. The van der Waals surface area contributed by atoms with Gasteiger partial charge in [0.2, 0.25) is 0 Å². The second kappa shape index (κ2) is 7.94. The molecule has 3 aromatic carbocycles. The van der Waals surface area contributed by atoms with Gasteiger partial charge in [-0.2, -0.15) is 13.2 Å². The highest BCUT2D eigenvalue weighted by atomic mass is 32.2. The average molecular weight is 459 g/mol. The van der Waals surface area contributed by atoms with Gasteiger partial charge >= 0.3 is 6.18 Å². The van der Waals surface area contributed by atoms with Gasteiger partial charge in [-0.25, -0.2) is 12.8 Å². The summed E-state index contributed by atoms with van der Waals surface area (Å²) in [6, 6.07) is 18.9. The maximum atomic E-state index is 14.1. The predicted molar refractivity (Wildman–Crippen MR) is 115 cm³/mol. The molecule has 0 amide bonds. The minimum Gasteiger partial charge on any atom is -0.315 e. The predicted octanol–water partition coefficient (Wildman–Crippen LogP) is 6.37.